The number of allylic oxidation sites excluding steroid dienone is 1. The van der Waals surface area contributed by atoms with Crippen molar-refractivity contribution >= 4 is 43.2 Å². The van der Waals surface area contributed by atoms with E-state index in [0.29, 0.717) is 5.92 Å². The Morgan fingerprint density at radius 3 is 2.14 bits per heavy atom. The van der Waals surface area contributed by atoms with Gasteiger partial charge in [-0.1, -0.05) is 188 Å². The summed E-state index contributed by atoms with van der Waals surface area (Å²) >= 11 is 1.89. The van der Waals surface area contributed by atoms with Crippen molar-refractivity contribution in [3.63, 3.8) is 0 Å². The summed E-state index contributed by atoms with van der Waals surface area (Å²) in [6.07, 6.45) is 5.40. The first kappa shape index (κ1) is 34.2. The predicted octanol–water partition coefficient (Wildman–Crippen LogP) is 15.2. The highest BCUT2D eigenvalue weighted by Gasteiger charge is 2.24. The van der Waals surface area contributed by atoms with E-state index in [-0.39, 0.29) is 0 Å². The van der Waals surface area contributed by atoms with Crippen LogP contribution in [0.4, 0.5) is 0 Å². The second-order valence-corrected chi connectivity index (χ2v) is 16.3. The van der Waals surface area contributed by atoms with Gasteiger partial charge in [-0.3, -0.25) is 0 Å². The largest absolute Gasteiger partial charge is 0.135 e. The minimum atomic E-state index is 0.400. The van der Waals surface area contributed by atoms with Gasteiger partial charge in [0.15, 0.2) is 0 Å². The molecule has 0 amide bonds. The molecule has 1 aliphatic rings. The third-order valence-electron chi connectivity index (χ3n) is 11.7. The minimum absolute atomic E-state index is 0.400. The second kappa shape index (κ2) is 14.8. The van der Waals surface area contributed by atoms with Crippen LogP contribution in [0.5, 0.6) is 0 Å². The van der Waals surface area contributed by atoms with Crippen molar-refractivity contribution in [1.29, 1.82) is 0 Å². The first-order valence-electron chi connectivity index (χ1n) is 19.8. The van der Waals surface area contributed by atoms with Gasteiger partial charge in [0.05, 0.1) is 0 Å². The van der Waals surface area contributed by atoms with Gasteiger partial charge in [-0.15, -0.1) is 11.3 Å². The summed E-state index contributed by atoms with van der Waals surface area (Å²) in [6, 6.07) is 70.0. The molecule has 268 valence electrons. The number of hydrogen-bond acceptors (Lipinski definition) is 1. The summed E-state index contributed by atoms with van der Waals surface area (Å²) in [4.78, 5) is 0. The van der Waals surface area contributed by atoms with Crippen molar-refractivity contribution in [3.05, 3.63) is 227 Å². The zero-order chi connectivity index (χ0) is 37.4. The molecular formula is C55H42S. The fourth-order valence-electron chi connectivity index (χ4n) is 8.83. The van der Waals surface area contributed by atoms with Crippen LogP contribution in [0.15, 0.2) is 188 Å². The van der Waals surface area contributed by atoms with Crippen LogP contribution in [0.25, 0.3) is 65.2 Å². The van der Waals surface area contributed by atoms with E-state index in [9.17, 15) is 0 Å². The lowest BCUT2D eigenvalue weighted by molar-refractivity contribution is 0.726. The fourth-order valence-corrected chi connectivity index (χ4v) is 10.1. The van der Waals surface area contributed by atoms with E-state index < -0.39 is 0 Å². The highest BCUT2D eigenvalue weighted by molar-refractivity contribution is 7.26. The first-order chi connectivity index (χ1) is 27.6. The van der Waals surface area contributed by atoms with Crippen LogP contribution in [-0.2, 0) is 12.8 Å². The Kier molecular flexibility index (Phi) is 9.02. The third-order valence-corrected chi connectivity index (χ3v) is 12.9. The van der Waals surface area contributed by atoms with E-state index in [1.807, 2.05) is 11.3 Å². The molecule has 0 N–H and O–H groups in total. The Labute approximate surface area is 334 Å². The molecule has 0 fully saturated rings. The molecule has 1 heteroatoms. The normalized spacial score (nSPS) is 14.0. The van der Waals surface area contributed by atoms with Gasteiger partial charge >= 0.3 is 0 Å². The molecule has 0 bridgehead atoms. The summed E-state index contributed by atoms with van der Waals surface area (Å²) in [5.41, 5.74) is 18.4. The topological polar surface area (TPSA) is 0 Å². The lowest BCUT2D eigenvalue weighted by atomic mass is 9.86. The van der Waals surface area contributed by atoms with Gasteiger partial charge < -0.3 is 0 Å². The molecule has 0 aliphatic heterocycles. The maximum atomic E-state index is 2.43. The van der Waals surface area contributed by atoms with Crippen LogP contribution in [0, 0.1) is 6.92 Å². The highest BCUT2D eigenvalue weighted by atomic mass is 32.1. The molecule has 0 saturated heterocycles. The van der Waals surface area contributed by atoms with E-state index in [1.165, 1.54) is 98.1 Å². The fraction of sp³-hybridized carbons (Fsp3) is 0.0909. The van der Waals surface area contributed by atoms with E-state index in [1.54, 1.807) is 0 Å². The van der Waals surface area contributed by atoms with Crippen LogP contribution in [-0.4, -0.2) is 0 Å². The molecule has 1 aromatic heterocycles. The van der Waals surface area contributed by atoms with Gasteiger partial charge in [-0.2, -0.15) is 0 Å². The zero-order valence-corrected chi connectivity index (χ0v) is 32.4. The first-order valence-corrected chi connectivity index (χ1v) is 20.6. The van der Waals surface area contributed by atoms with E-state index >= 15 is 0 Å². The van der Waals surface area contributed by atoms with Gasteiger partial charge in [0.2, 0.25) is 0 Å². The summed E-state index contributed by atoms with van der Waals surface area (Å²) in [6.45, 7) is 2.17. The molecule has 56 heavy (non-hydrogen) atoms. The molecule has 1 unspecified atom stereocenters. The molecule has 9 aromatic rings. The van der Waals surface area contributed by atoms with Crippen molar-refractivity contribution in [1.82, 2.24) is 0 Å². The Bertz CT molecular complexity index is 2870. The van der Waals surface area contributed by atoms with Crippen molar-refractivity contribution < 1.29 is 0 Å². The molecular weight excluding hydrogens is 693 g/mol. The number of aryl methyl sites for hydroxylation is 2. The molecule has 1 aliphatic carbocycles. The lowest BCUT2D eigenvalue weighted by Gasteiger charge is -2.18. The zero-order valence-electron chi connectivity index (χ0n) is 31.6. The Hall–Kier alpha value is -6.28. The third kappa shape index (κ3) is 6.59. The van der Waals surface area contributed by atoms with E-state index in [4.69, 9.17) is 0 Å². The highest BCUT2D eigenvalue weighted by Crippen LogP contribution is 2.43. The van der Waals surface area contributed by atoms with Gasteiger partial charge in [0.1, 0.15) is 0 Å². The maximum absolute atomic E-state index is 2.43. The van der Waals surface area contributed by atoms with Gasteiger partial charge in [-0.05, 0) is 111 Å². The van der Waals surface area contributed by atoms with Gasteiger partial charge in [0.25, 0.3) is 0 Å². The lowest BCUT2D eigenvalue weighted by Crippen LogP contribution is -2.01. The average molecular weight is 735 g/mol. The summed E-state index contributed by atoms with van der Waals surface area (Å²) in [5.74, 6) is 0.400. The summed E-state index contributed by atoms with van der Waals surface area (Å²) in [7, 11) is 0. The standard InChI is InChI=1S/C55H42S/c1-37-11-9-12-39(33-37)35-46(41-25-27-43(28-26-41)48-18-10-19-52-51-17-7-8-20-54(51)56-55(48)52)34-38-21-23-40(24-22-38)45-30-29-44-31-32-47(42-13-3-2-4-14-42)49-15-5-6-16-50(49)53(44)36-45/h2-30,33,35-36,47H,31-32,34H2,1H3/b46-35-. The van der Waals surface area contributed by atoms with Crippen LogP contribution in [0.1, 0.15) is 51.3 Å². The van der Waals surface area contributed by atoms with Crippen LogP contribution >= 0.6 is 11.3 Å². The number of thiophene rings is 1. The molecule has 0 saturated carbocycles. The predicted molar refractivity (Wildman–Crippen MR) is 241 cm³/mol. The molecule has 8 aromatic carbocycles. The number of hydrogen-bond donors (Lipinski definition) is 0. The van der Waals surface area contributed by atoms with Gasteiger partial charge in [0, 0.05) is 26.1 Å². The molecule has 0 spiro atoms. The van der Waals surface area contributed by atoms with Crippen LogP contribution in [0.3, 0.4) is 0 Å². The van der Waals surface area contributed by atoms with Crippen LogP contribution in [0.2, 0.25) is 0 Å². The van der Waals surface area contributed by atoms with Crippen LogP contribution < -0.4 is 0 Å². The smallest absolute Gasteiger partial charge is 0.0433 e. The molecule has 0 radical (unpaired) electrons. The van der Waals surface area contributed by atoms with Crippen molar-refractivity contribution in [2.45, 2.75) is 32.1 Å². The summed E-state index contributed by atoms with van der Waals surface area (Å²) < 4.78 is 2.69. The maximum Gasteiger partial charge on any atom is 0.0433 e. The molecule has 10 rings (SSSR count). The van der Waals surface area contributed by atoms with Crippen molar-refractivity contribution in [2.24, 2.45) is 0 Å². The average Bonchev–Trinajstić information content (AvgIpc) is 3.55. The Balaban J connectivity index is 0.958. The summed E-state index contributed by atoms with van der Waals surface area (Å²) in [5, 5.41) is 2.67. The Morgan fingerprint density at radius 2 is 1.29 bits per heavy atom. The number of rotatable bonds is 7. The second-order valence-electron chi connectivity index (χ2n) is 15.3. The molecule has 1 heterocycles. The monoisotopic (exact) mass is 734 g/mol. The van der Waals surface area contributed by atoms with E-state index in [2.05, 4.69) is 201 Å². The molecule has 0 nitrogen and oxygen atoms in total. The van der Waals surface area contributed by atoms with E-state index in [0.717, 1.165) is 19.3 Å². The number of benzene rings is 8. The molecule has 1 atom stereocenters. The van der Waals surface area contributed by atoms with Gasteiger partial charge in [-0.25, -0.2) is 0 Å². The SMILES string of the molecule is Cc1cccc(/C=C(/Cc2ccc(-c3ccc4c(c3)-c3ccccc3C(c3ccccc3)CC4)cc2)c2ccc(-c3cccc4c3sc3ccccc34)cc2)c1. The number of fused-ring (bicyclic) bond motifs is 6. The minimum Gasteiger partial charge on any atom is -0.135 e. The van der Waals surface area contributed by atoms with Crippen molar-refractivity contribution in [3.8, 4) is 33.4 Å². The quantitative estimate of drug-likeness (QED) is 0.143. The van der Waals surface area contributed by atoms with Crippen molar-refractivity contribution in [2.75, 3.05) is 0 Å². The Morgan fingerprint density at radius 1 is 0.571 bits per heavy atom.